The maximum Gasteiger partial charge on any atom is 0.417 e. The molecule has 96 valence electrons. The number of hydrogen-bond donors (Lipinski definition) is 1. The fourth-order valence-electron chi connectivity index (χ4n) is 1.26. The smallest absolute Gasteiger partial charge is 0.392 e. The summed E-state index contributed by atoms with van der Waals surface area (Å²) in [6.07, 6.45) is -4.40. The second-order valence-corrected chi connectivity index (χ2v) is 4.46. The molecule has 0 saturated heterocycles. The molecule has 1 rings (SSSR count). The summed E-state index contributed by atoms with van der Waals surface area (Å²) in [5.41, 5.74) is -0.446. The maximum absolute atomic E-state index is 12.7. The van der Waals surface area contributed by atoms with E-state index in [0.29, 0.717) is 12.4 Å². The van der Waals surface area contributed by atoms with Crippen molar-refractivity contribution in [3.05, 3.63) is 29.3 Å². The van der Waals surface area contributed by atoms with E-state index in [2.05, 4.69) is 0 Å². The number of thioether (sulfide) groups is 1. The van der Waals surface area contributed by atoms with Crippen molar-refractivity contribution in [2.75, 3.05) is 19.5 Å². The molecule has 0 radical (unpaired) electrons. The van der Waals surface area contributed by atoms with Crippen LogP contribution >= 0.6 is 11.8 Å². The van der Waals surface area contributed by atoms with Crippen LogP contribution in [0.5, 0.6) is 0 Å². The highest BCUT2D eigenvalue weighted by Crippen LogP contribution is 2.37. The highest BCUT2D eigenvalue weighted by molar-refractivity contribution is 7.99. The first-order chi connectivity index (χ1) is 7.99. The van der Waals surface area contributed by atoms with Crippen LogP contribution in [0.25, 0.3) is 0 Å². The zero-order chi connectivity index (χ0) is 12.9. The van der Waals surface area contributed by atoms with Crippen molar-refractivity contribution in [2.24, 2.45) is 0 Å². The SMILES string of the molecule is COCCSc1ccc(CO)cc1C(F)(F)F. The van der Waals surface area contributed by atoms with E-state index in [9.17, 15) is 13.2 Å². The van der Waals surface area contributed by atoms with E-state index in [1.54, 1.807) is 0 Å². The molecule has 0 fully saturated rings. The first kappa shape index (κ1) is 14.3. The minimum Gasteiger partial charge on any atom is -0.392 e. The number of aliphatic hydroxyl groups is 1. The lowest BCUT2D eigenvalue weighted by molar-refractivity contribution is -0.139. The quantitative estimate of drug-likeness (QED) is 0.656. The lowest BCUT2D eigenvalue weighted by atomic mass is 10.1. The molecule has 0 heterocycles. The lowest BCUT2D eigenvalue weighted by Gasteiger charge is -2.13. The van der Waals surface area contributed by atoms with Gasteiger partial charge in [-0.3, -0.25) is 0 Å². The van der Waals surface area contributed by atoms with Gasteiger partial charge in [0.25, 0.3) is 0 Å². The Morgan fingerprint density at radius 2 is 2.06 bits per heavy atom. The predicted octanol–water partition coefficient (Wildman–Crippen LogP) is 2.94. The fourth-order valence-corrected chi connectivity index (χ4v) is 2.22. The molecule has 0 aromatic heterocycles. The Balaban J connectivity index is 2.95. The number of rotatable bonds is 5. The fraction of sp³-hybridized carbons (Fsp3) is 0.455. The van der Waals surface area contributed by atoms with Gasteiger partial charge in [-0.15, -0.1) is 11.8 Å². The van der Waals surface area contributed by atoms with Gasteiger partial charge in [-0.2, -0.15) is 13.2 Å². The Hall–Kier alpha value is -0.720. The molecule has 1 aromatic rings. The van der Waals surface area contributed by atoms with Crippen LogP contribution in [0.4, 0.5) is 13.2 Å². The molecule has 0 amide bonds. The third kappa shape index (κ3) is 4.22. The van der Waals surface area contributed by atoms with Gasteiger partial charge in [0.15, 0.2) is 0 Å². The second kappa shape index (κ2) is 6.28. The number of alkyl halides is 3. The molecular formula is C11H13F3O2S. The number of methoxy groups -OCH3 is 1. The number of aliphatic hydroxyl groups excluding tert-OH is 1. The van der Waals surface area contributed by atoms with Crippen molar-refractivity contribution in [1.82, 2.24) is 0 Å². The van der Waals surface area contributed by atoms with Crippen molar-refractivity contribution < 1.29 is 23.0 Å². The van der Waals surface area contributed by atoms with Crippen LogP contribution in [0.1, 0.15) is 11.1 Å². The van der Waals surface area contributed by atoms with Crippen LogP contribution in [0.2, 0.25) is 0 Å². The standard InChI is InChI=1S/C11H13F3O2S/c1-16-4-5-17-10-3-2-8(7-15)6-9(10)11(12,13)14/h2-3,6,15H,4-5,7H2,1H3. The van der Waals surface area contributed by atoms with Gasteiger partial charge in [0, 0.05) is 17.8 Å². The van der Waals surface area contributed by atoms with Crippen LogP contribution in [-0.4, -0.2) is 24.6 Å². The molecule has 0 saturated carbocycles. The molecule has 0 unspecified atom stereocenters. The zero-order valence-corrected chi connectivity index (χ0v) is 10.1. The molecule has 0 atom stereocenters. The van der Waals surface area contributed by atoms with Crippen molar-refractivity contribution in [3.63, 3.8) is 0 Å². The molecule has 2 nitrogen and oxygen atoms in total. The van der Waals surface area contributed by atoms with E-state index in [4.69, 9.17) is 9.84 Å². The molecule has 6 heteroatoms. The molecule has 0 spiro atoms. The van der Waals surface area contributed by atoms with E-state index in [1.165, 1.54) is 19.2 Å². The highest BCUT2D eigenvalue weighted by Gasteiger charge is 2.33. The summed E-state index contributed by atoms with van der Waals surface area (Å²) in [6, 6.07) is 3.86. The second-order valence-electron chi connectivity index (χ2n) is 3.33. The molecule has 0 aliphatic rings. The summed E-state index contributed by atoms with van der Waals surface area (Å²) in [5, 5.41) is 8.84. The Bertz CT molecular complexity index is 366. The van der Waals surface area contributed by atoms with Gasteiger partial charge in [0.1, 0.15) is 0 Å². The van der Waals surface area contributed by atoms with Crippen molar-refractivity contribution in [3.8, 4) is 0 Å². The summed E-state index contributed by atoms with van der Waals surface area (Å²) in [7, 11) is 1.50. The average molecular weight is 266 g/mol. The Morgan fingerprint density at radius 3 is 2.59 bits per heavy atom. The number of benzene rings is 1. The van der Waals surface area contributed by atoms with E-state index in [1.807, 2.05) is 0 Å². The van der Waals surface area contributed by atoms with Gasteiger partial charge in [0.05, 0.1) is 18.8 Å². The molecule has 0 bridgehead atoms. The average Bonchev–Trinajstić information content (AvgIpc) is 2.28. The summed E-state index contributed by atoms with van der Waals surface area (Å²) >= 11 is 1.09. The van der Waals surface area contributed by atoms with Crippen LogP contribution in [0.15, 0.2) is 23.1 Å². The molecule has 1 N–H and O–H groups in total. The normalized spacial score (nSPS) is 11.8. The molecule has 1 aromatic carbocycles. The topological polar surface area (TPSA) is 29.5 Å². The van der Waals surface area contributed by atoms with Gasteiger partial charge >= 0.3 is 6.18 Å². The first-order valence-electron chi connectivity index (χ1n) is 4.91. The third-order valence-electron chi connectivity index (χ3n) is 2.08. The van der Waals surface area contributed by atoms with Gasteiger partial charge in [-0.25, -0.2) is 0 Å². The van der Waals surface area contributed by atoms with Crippen LogP contribution < -0.4 is 0 Å². The Kier molecular flexibility index (Phi) is 5.30. The summed E-state index contributed by atoms with van der Waals surface area (Å²) in [4.78, 5) is 0.159. The predicted molar refractivity (Wildman–Crippen MR) is 60.0 cm³/mol. The maximum atomic E-state index is 12.7. The van der Waals surface area contributed by atoms with Crippen molar-refractivity contribution in [2.45, 2.75) is 17.7 Å². The third-order valence-corrected chi connectivity index (χ3v) is 3.11. The van der Waals surface area contributed by atoms with Crippen molar-refractivity contribution >= 4 is 11.8 Å². The zero-order valence-electron chi connectivity index (χ0n) is 9.25. The molecule has 0 aliphatic heterocycles. The monoisotopic (exact) mass is 266 g/mol. The lowest BCUT2D eigenvalue weighted by Crippen LogP contribution is -2.08. The minimum absolute atomic E-state index is 0.159. The van der Waals surface area contributed by atoms with E-state index in [0.717, 1.165) is 17.8 Å². The van der Waals surface area contributed by atoms with Crippen molar-refractivity contribution in [1.29, 1.82) is 0 Å². The summed E-state index contributed by atoms with van der Waals surface area (Å²) in [6.45, 7) is -0.00415. The van der Waals surface area contributed by atoms with Crippen LogP contribution in [0.3, 0.4) is 0 Å². The van der Waals surface area contributed by atoms with Gasteiger partial charge in [-0.1, -0.05) is 6.07 Å². The van der Waals surface area contributed by atoms with E-state index >= 15 is 0 Å². The largest absolute Gasteiger partial charge is 0.417 e. The summed E-state index contributed by atoms with van der Waals surface area (Å²) in [5.74, 6) is 0.456. The van der Waals surface area contributed by atoms with E-state index < -0.39 is 18.3 Å². The van der Waals surface area contributed by atoms with Gasteiger partial charge in [0.2, 0.25) is 0 Å². The van der Waals surface area contributed by atoms with Crippen LogP contribution in [-0.2, 0) is 17.5 Å². The number of halogens is 3. The molecule has 0 aliphatic carbocycles. The molecule has 17 heavy (non-hydrogen) atoms. The van der Waals surface area contributed by atoms with E-state index in [-0.39, 0.29) is 10.5 Å². The Morgan fingerprint density at radius 1 is 1.35 bits per heavy atom. The number of hydrogen-bond acceptors (Lipinski definition) is 3. The first-order valence-corrected chi connectivity index (χ1v) is 5.90. The molecular weight excluding hydrogens is 253 g/mol. The Labute approximate surface area is 102 Å². The van der Waals surface area contributed by atoms with Crippen LogP contribution in [0, 0.1) is 0 Å². The minimum atomic E-state index is -4.40. The summed E-state index contributed by atoms with van der Waals surface area (Å²) < 4.78 is 43.0. The number of ether oxygens (including phenoxy) is 1. The van der Waals surface area contributed by atoms with Gasteiger partial charge < -0.3 is 9.84 Å². The highest BCUT2D eigenvalue weighted by atomic mass is 32.2. The van der Waals surface area contributed by atoms with Gasteiger partial charge in [-0.05, 0) is 17.7 Å².